The number of hydrogen-bond acceptors (Lipinski definition) is 3. The summed E-state index contributed by atoms with van der Waals surface area (Å²) < 4.78 is 5.56. The Kier molecular flexibility index (Phi) is 5.17. The smallest absolute Gasteiger partial charge is 0.260 e. The first-order chi connectivity index (χ1) is 11.5. The van der Waals surface area contributed by atoms with Gasteiger partial charge in [0.25, 0.3) is 5.91 Å². The summed E-state index contributed by atoms with van der Waals surface area (Å²) in [4.78, 5) is 16.5. The number of fused-ring (bicyclic) bond motifs is 1. The largest absolute Gasteiger partial charge is 0.484 e. The van der Waals surface area contributed by atoms with Gasteiger partial charge >= 0.3 is 0 Å². The van der Waals surface area contributed by atoms with Gasteiger partial charge < -0.3 is 14.5 Å². The molecule has 1 amide bonds. The second kappa shape index (κ2) is 7.32. The van der Waals surface area contributed by atoms with Crippen LogP contribution >= 0.6 is 23.2 Å². The molecular weight excluding hydrogens is 347 g/mol. The predicted octanol–water partition coefficient (Wildman–Crippen LogP) is 3.85. The average molecular weight is 365 g/mol. The number of hydrogen-bond donors (Lipinski definition) is 0. The van der Waals surface area contributed by atoms with E-state index in [0.717, 1.165) is 12.1 Å². The molecule has 1 aliphatic heterocycles. The minimum atomic E-state index is -0.0498. The Hall–Kier alpha value is -1.91. The number of rotatable bonds is 3. The maximum absolute atomic E-state index is 12.5. The molecule has 0 N–H and O–H groups in total. The van der Waals surface area contributed by atoms with Gasteiger partial charge in [-0.1, -0.05) is 41.4 Å². The van der Waals surface area contributed by atoms with E-state index in [1.54, 1.807) is 18.2 Å². The van der Waals surface area contributed by atoms with Gasteiger partial charge in [-0.25, -0.2) is 0 Å². The van der Waals surface area contributed by atoms with Gasteiger partial charge in [-0.3, -0.25) is 4.79 Å². The highest BCUT2D eigenvalue weighted by atomic mass is 35.5. The minimum Gasteiger partial charge on any atom is -0.484 e. The zero-order chi connectivity index (χ0) is 17.1. The molecule has 3 rings (SSSR count). The van der Waals surface area contributed by atoms with Crippen molar-refractivity contribution in [2.75, 3.05) is 31.6 Å². The third kappa shape index (κ3) is 3.77. The number of benzene rings is 2. The molecule has 2 aromatic rings. The lowest BCUT2D eigenvalue weighted by Crippen LogP contribution is -2.37. The second-order valence-electron chi connectivity index (χ2n) is 5.73. The van der Waals surface area contributed by atoms with Gasteiger partial charge in [0, 0.05) is 38.4 Å². The fourth-order valence-electron chi connectivity index (χ4n) is 2.71. The van der Waals surface area contributed by atoms with Crippen LogP contribution in [0.15, 0.2) is 42.5 Å². The molecule has 24 heavy (non-hydrogen) atoms. The SMILES string of the molecule is CN1CCN(C(=O)COc2ccc(Cl)c(Cl)c2)Cc2ccccc21. The second-order valence-corrected chi connectivity index (χ2v) is 6.54. The van der Waals surface area contributed by atoms with E-state index < -0.39 is 0 Å². The molecule has 0 saturated heterocycles. The molecule has 0 saturated carbocycles. The molecule has 6 heteroatoms. The summed E-state index contributed by atoms with van der Waals surface area (Å²) in [5.41, 5.74) is 2.30. The van der Waals surface area contributed by atoms with Crippen molar-refractivity contribution in [2.45, 2.75) is 6.54 Å². The van der Waals surface area contributed by atoms with Crippen LogP contribution in [0.1, 0.15) is 5.56 Å². The first-order valence-corrected chi connectivity index (χ1v) is 8.45. The van der Waals surface area contributed by atoms with Crippen molar-refractivity contribution in [2.24, 2.45) is 0 Å². The number of para-hydroxylation sites is 1. The molecule has 2 aromatic carbocycles. The highest BCUT2D eigenvalue weighted by molar-refractivity contribution is 6.42. The van der Waals surface area contributed by atoms with E-state index in [9.17, 15) is 4.79 Å². The van der Waals surface area contributed by atoms with Crippen LogP contribution in [0, 0.1) is 0 Å². The zero-order valence-electron chi connectivity index (χ0n) is 13.3. The molecule has 0 fully saturated rings. The van der Waals surface area contributed by atoms with Gasteiger partial charge in [-0.2, -0.15) is 0 Å². The topological polar surface area (TPSA) is 32.8 Å². The average Bonchev–Trinajstić information content (AvgIpc) is 2.75. The molecule has 1 aliphatic rings. The normalized spacial score (nSPS) is 14.1. The van der Waals surface area contributed by atoms with Crippen LogP contribution in [0.4, 0.5) is 5.69 Å². The highest BCUT2D eigenvalue weighted by Gasteiger charge is 2.21. The summed E-state index contributed by atoms with van der Waals surface area (Å²) >= 11 is 11.8. The summed E-state index contributed by atoms with van der Waals surface area (Å²) in [6, 6.07) is 13.1. The van der Waals surface area contributed by atoms with E-state index in [2.05, 4.69) is 17.0 Å². The molecule has 4 nitrogen and oxygen atoms in total. The number of halogens is 2. The van der Waals surface area contributed by atoms with Crippen molar-refractivity contribution >= 4 is 34.8 Å². The van der Waals surface area contributed by atoms with Crippen LogP contribution in [-0.4, -0.2) is 37.6 Å². The van der Waals surface area contributed by atoms with Crippen molar-refractivity contribution < 1.29 is 9.53 Å². The molecule has 1 heterocycles. The predicted molar refractivity (Wildman–Crippen MR) is 97.1 cm³/mol. The van der Waals surface area contributed by atoms with Crippen molar-refractivity contribution in [3.63, 3.8) is 0 Å². The van der Waals surface area contributed by atoms with Gasteiger partial charge in [-0.05, 0) is 23.8 Å². The summed E-state index contributed by atoms with van der Waals surface area (Å²) in [6.45, 7) is 2.01. The van der Waals surface area contributed by atoms with Crippen molar-refractivity contribution in [1.29, 1.82) is 0 Å². The van der Waals surface area contributed by atoms with Gasteiger partial charge in [0.1, 0.15) is 5.75 Å². The number of amides is 1. The first kappa shape index (κ1) is 16.9. The van der Waals surface area contributed by atoms with Gasteiger partial charge in [-0.15, -0.1) is 0 Å². The van der Waals surface area contributed by atoms with Gasteiger partial charge in [0.15, 0.2) is 6.61 Å². The highest BCUT2D eigenvalue weighted by Crippen LogP contribution is 2.27. The van der Waals surface area contributed by atoms with Crippen LogP contribution < -0.4 is 9.64 Å². The molecule has 0 bridgehead atoms. The molecule has 0 aromatic heterocycles. The summed E-state index contributed by atoms with van der Waals surface area (Å²) in [7, 11) is 2.04. The van der Waals surface area contributed by atoms with Crippen LogP contribution in [0.2, 0.25) is 10.0 Å². The van der Waals surface area contributed by atoms with E-state index >= 15 is 0 Å². The molecule has 0 radical (unpaired) electrons. The quantitative estimate of drug-likeness (QED) is 0.828. The summed E-state index contributed by atoms with van der Waals surface area (Å²) in [5, 5.41) is 0.870. The van der Waals surface area contributed by atoms with Gasteiger partial charge in [0.05, 0.1) is 10.0 Å². The minimum absolute atomic E-state index is 0.0240. The van der Waals surface area contributed by atoms with Crippen LogP contribution in [0.5, 0.6) is 5.75 Å². The Balaban J connectivity index is 1.66. The Bertz CT molecular complexity index is 752. The molecular formula is C18H18Cl2N2O2. The number of anilines is 1. The number of carbonyl (C=O) groups is 1. The standard InChI is InChI=1S/C18H18Cl2N2O2/c1-21-8-9-22(11-13-4-2-3-5-17(13)21)18(23)12-24-14-6-7-15(19)16(20)10-14/h2-7,10H,8-9,11-12H2,1H3. The van der Waals surface area contributed by atoms with Crippen molar-refractivity contribution in [3.05, 3.63) is 58.1 Å². The van der Waals surface area contributed by atoms with E-state index in [4.69, 9.17) is 27.9 Å². The van der Waals surface area contributed by atoms with Crippen LogP contribution in [0.25, 0.3) is 0 Å². The maximum atomic E-state index is 12.5. The zero-order valence-corrected chi connectivity index (χ0v) is 14.8. The van der Waals surface area contributed by atoms with Crippen LogP contribution in [-0.2, 0) is 11.3 Å². The lowest BCUT2D eigenvalue weighted by molar-refractivity contribution is -0.133. The van der Waals surface area contributed by atoms with Gasteiger partial charge in [0.2, 0.25) is 0 Å². The Morgan fingerprint density at radius 3 is 2.71 bits per heavy atom. The number of nitrogens with zero attached hydrogens (tertiary/aromatic N) is 2. The molecule has 0 aliphatic carbocycles. The Morgan fingerprint density at radius 1 is 1.12 bits per heavy atom. The fraction of sp³-hybridized carbons (Fsp3) is 0.278. The molecule has 0 spiro atoms. The molecule has 126 valence electrons. The molecule has 0 atom stereocenters. The summed E-state index contributed by atoms with van der Waals surface area (Å²) in [5.74, 6) is 0.483. The third-order valence-electron chi connectivity index (χ3n) is 4.08. The van der Waals surface area contributed by atoms with E-state index in [1.165, 1.54) is 5.69 Å². The maximum Gasteiger partial charge on any atom is 0.260 e. The Morgan fingerprint density at radius 2 is 1.92 bits per heavy atom. The summed E-state index contributed by atoms with van der Waals surface area (Å²) in [6.07, 6.45) is 0. The lowest BCUT2D eigenvalue weighted by atomic mass is 10.1. The Labute approximate surface area is 151 Å². The van der Waals surface area contributed by atoms with E-state index in [0.29, 0.717) is 28.9 Å². The first-order valence-electron chi connectivity index (χ1n) is 7.69. The van der Waals surface area contributed by atoms with Crippen molar-refractivity contribution in [1.82, 2.24) is 4.90 Å². The van der Waals surface area contributed by atoms with Crippen LogP contribution in [0.3, 0.4) is 0 Å². The lowest BCUT2D eigenvalue weighted by Gasteiger charge is -2.21. The number of ether oxygens (including phenoxy) is 1. The molecule has 0 unspecified atom stereocenters. The fourth-order valence-corrected chi connectivity index (χ4v) is 3.00. The van der Waals surface area contributed by atoms with Crippen molar-refractivity contribution in [3.8, 4) is 5.75 Å². The number of carbonyl (C=O) groups excluding carboxylic acids is 1. The third-order valence-corrected chi connectivity index (χ3v) is 4.81. The van der Waals surface area contributed by atoms with E-state index in [1.807, 2.05) is 24.1 Å². The monoisotopic (exact) mass is 364 g/mol. The number of likely N-dealkylation sites (N-methyl/N-ethyl adjacent to an activating group) is 1. The van der Waals surface area contributed by atoms with E-state index in [-0.39, 0.29) is 12.5 Å².